The lowest BCUT2D eigenvalue weighted by atomic mass is 10.2. The molecule has 29 heavy (non-hydrogen) atoms. The van der Waals surface area contributed by atoms with Gasteiger partial charge in [0, 0.05) is 16.8 Å². The van der Waals surface area contributed by atoms with Crippen LogP contribution in [0.4, 0.5) is 5.69 Å². The lowest BCUT2D eigenvalue weighted by molar-refractivity contribution is 0.102. The second-order valence-electron chi connectivity index (χ2n) is 6.45. The molecule has 0 bridgehead atoms. The molecule has 0 spiro atoms. The minimum Gasteiger partial charge on any atom is -0.322 e. The van der Waals surface area contributed by atoms with Gasteiger partial charge < -0.3 is 5.32 Å². The zero-order valence-corrected chi connectivity index (χ0v) is 17.3. The van der Waals surface area contributed by atoms with E-state index in [1.54, 1.807) is 36.5 Å². The third-order valence-corrected chi connectivity index (χ3v) is 7.31. The Balaban J connectivity index is 1.60. The molecule has 146 valence electrons. The van der Waals surface area contributed by atoms with E-state index in [4.69, 9.17) is 0 Å². The van der Waals surface area contributed by atoms with Gasteiger partial charge in [-0.2, -0.15) is 0 Å². The molecule has 0 atom stereocenters. The molecule has 4 rings (SSSR count). The summed E-state index contributed by atoms with van der Waals surface area (Å²) in [6.45, 7) is 1.58. The predicted molar refractivity (Wildman–Crippen MR) is 117 cm³/mol. The molecule has 1 N–H and O–H groups in total. The number of hydrogen-bond acceptors (Lipinski definition) is 5. The molecule has 3 aromatic carbocycles. The van der Waals surface area contributed by atoms with Crippen molar-refractivity contribution in [3.05, 3.63) is 78.4 Å². The maximum absolute atomic E-state index is 12.7. The molecule has 5 nitrogen and oxygen atoms in total. The second kappa shape index (κ2) is 7.77. The van der Waals surface area contributed by atoms with E-state index in [2.05, 4.69) is 10.3 Å². The Bertz CT molecular complexity index is 1280. The first-order chi connectivity index (χ1) is 14.0. The van der Waals surface area contributed by atoms with Crippen molar-refractivity contribution < 1.29 is 13.2 Å². The number of carbonyl (C=O) groups is 1. The topological polar surface area (TPSA) is 76.1 Å². The van der Waals surface area contributed by atoms with Crippen LogP contribution in [0.5, 0.6) is 0 Å². The summed E-state index contributed by atoms with van der Waals surface area (Å²) >= 11 is 1.59. The van der Waals surface area contributed by atoms with Crippen molar-refractivity contribution in [3.8, 4) is 10.6 Å². The van der Waals surface area contributed by atoms with E-state index in [0.29, 0.717) is 11.3 Å². The van der Waals surface area contributed by atoms with Crippen molar-refractivity contribution in [1.82, 2.24) is 4.98 Å². The molecular weight excluding hydrogens is 404 g/mol. The second-order valence-corrected chi connectivity index (χ2v) is 9.76. The zero-order chi connectivity index (χ0) is 20.4. The highest BCUT2D eigenvalue weighted by Gasteiger charge is 2.15. The molecule has 0 aliphatic rings. The van der Waals surface area contributed by atoms with Gasteiger partial charge in [-0.3, -0.25) is 4.79 Å². The molecule has 1 amide bonds. The number of para-hydroxylation sites is 1. The Labute approximate surface area is 173 Å². The van der Waals surface area contributed by atoms with Crippen LogP contribution in [0.15, 0.2) is 77.7 Å². The molecule has 7 heteroatoms. The number of fused-ring (bicyclic) bond motifs is 1. The highest BCUT2D eigenvalue weighted by Crippen LogP contribution is 2.31. The lowest BCUT2D eigenvalue weighted by Gasteiger charge is -2.08. The number of sulfone groups is 1. The number of thiazole rings is 1. The number of anilines is 1. The van der Waals surface area contributed by atoms with Gasteiger partial charge >= 0.3 is 0 Å². The Morgan fingerprint density at radius 1 is 1.00 bits per heavy atom. The highest BCUT2D eigenvalue weighted by atomic mass is 32.2. The fraction of sp³-hybridized carbons (Fsp3) is 0.0909. The minimum atomic E-state index is -3.37. The monoisotopic (exact) mass is 422 g/mol. The summed E-state index contributed by atoms with van der Waals surface area (Å²) in [6, 6.07) is 21.5. The van der Waals surface area contributed by atoms with Gasteiger partial charge in [-0.05, 0) is 42.5 Å². The predicted octanol–water partition coefficient (Wildman–Crippen LogP) is 5.01. The molecule has 1 aromatic heterocycles. The van der Waals surface area contributed by atoms with E-state index in [-0.39, 0.29) is 16.6 Å². The number of aromatic nitrogens is 1. The van der Waals surface area contributed by atoms with Gasteiger partial charge in [-0.15, -0.1) is 11.3 Å². The van der Waals surface area contributed by atoms with Gasteiger partial charge in [0.1, 0.15) is 5.01 Å². The summed E-state index contributed by atoms with van der Waals surface area (Å²) in [5, 5.41) is 3.72. The summed E-state index contributed by atoms with van der Waals surface area (Å²) in [6.07, 6.45) is 0. The van der Waals surface area contributed by atoms with Gasteiger partial charge in [0.2, 0.25) is 0 Å². The van der Waals surface area contributed by atoms with Crippen LogP contribution in [0.3, 0.4) is 0 Å². The van der Waals surface area contributed by atoms with E-state index in [9.17, 15) is 13.2 Å². The first kappa shape index (κ1) is 19.3. The average Bonchev–Trinajstić information content (AvgIpc) is 3.18. The fourth-order valence-corrected chi connectivity index (χ4v) is 4.81. The normalized spacial score (nSPS) is 11.5. The fourth-order valence-electron chi connectivity index (χ4n) is 2.93. The quantitative estimate of drug-likeness (QED) is 0.491. The van der Waals surface area contributed by atoms with Crippen LogP contribution < -0.4 is 5.32 Å². The van der Waals surface area contributed by atoms with Crippen molar-refractivity contribution in [2.75, 3.05) is 11.1 Å². The van der Waals surface area contributed by atoms with Gasteiger partial charge in [0.15, 0.2) is 9.84 Å². The molecule has 0 fully saturated rings. The summed E-state index contributed by atoms with van der Waals surface area (Å²) in [5.41, 5.74) is 2.77. The summed E-state index contributed by atoms with van der Waals surface area (Å²) < 4.78 is 25.2. The van der Waals surface area contributed by atoms with E-state index in [1.807, 2.05) is 42.5 Å². The SMILES string of the molecule is CCS(=O)(=O)c1cccc(C(=O)Nc2cccc(-c3nc4ccccc4s3)c2)c1. The molecular formula is C22H18N2O3S2. The molecule has 0 aliphatic heterocycles. The number of amides is 1. The van der Waals surface area contributed by atoms with Gasteiger partial charge in [0.05, 0.1) is 20.9 Å². The number of carbonyl (C=O) groups excluding carboxylic acids is 1. The van der Waals surface area contributed by atoms with E-state index in [0.717, 1.165) is 20.8 Å². The largest absolute Gasteiger partial charge is 0.322 e. The van der Waals surface area contributed by atoms with Crippen LogP contribution in [-0.4, -0.2) is 25.1 Å². The van der Waals surface area contributed by atoms with Crippen molar-refractivity contribution in [1.29, 1.82) is 0 Å². The van der Waals surface area contributed by atoms with Crippen LogP contribution in [0.1, 0.15) is 17.3 Å². The molecule has 0 saturated heterocycles. The third kappa shape index (κ3) is 4.06. The average molecular weight is 423 g/mol. The Morgan fingerprint density at radius 3 is 2.59 bits per heavy atom. The lowest BCUT2D eigenvalue weighted by Crippen LogP contribution is -2.13. The maximum atomic E-state index is 12.7. The Kier molecular flexibility index (Phi) is 5.17. The van der Waals surface area contributed by atoms with Crippen molar-refractivity contribution in [3.63, 3.8) is 0 Å². The summed E-state index contributed by atoms with van der Waals surface area (Å²) in [5.74, 6) is -0.373. The van der Waals surface area contributed by atoms with Crippen LogP contribution in [0, 0.1) is 0 Å². The summed E-state index contributed by atoms with van der Waals surface area (Å²) in [7, 11) is -3.37. The Hall–Kier alpha value is -3.03. The van der Waals surface area contributed by atoms with Crippen molar-refractivity contribution in [2.45, 2.75) is 11.8 Å². The molecule has 0 saturated carbocycles. The highest BCUT2D eigenvalue weighted by molar-refractivity contribution is 7.91. The molecule has 0 radical (unpaired) electrons. The van der Waals surface area contributed by atoms with Crippen LogP contribution >= 0.6 is 11.3 Å². The van der Waals surface area contributed by atoms with Crippen LogP contribution in [0.2, 0.25) is 0 Å². The third-order valence-electron chi connectivity index (χ3n) is 4.50. The number of benzene rings is 3. The number of nitrogens with zero attached hydrogens (tertiary/aromatic N) is 1. The van der Waals surface area contributed by atoms with Gasteiger partial charge in [-0.25, -0.2) is 13.4 Å². The maximum Gasteiger partial charge on any atom is 0.255 e. The standard InChI is InChI=1S/C22H18N2O3S2/c1-2-29(26,27)18-10-6-7-15(14-18)21(25)23-17-9-5-8-16(13-17)22-24-19-11-3-4-12-20(19)28-22/h3-14H,2H2,1H3,(H,23,25). The zero-order valence-electron chi connectivity index (χ0n) is 15.6. The molecule has 0 unspecified atom stereocenters. The smallest absolute Gasteiger partial charge is 0.255 e. The molecule has 1 heterocycles. The van der Waals surface area contributed by atoms with Crippen LogP contribution in [0.25, 0.3) is 20.8 Å². The van der Waals surface area contributed by atoms with Gasteiger partial charge in [-0.1, -0.05) is 37.3 Å². The Morgan fingerprint density at radius 2 is 1.79 bits per heavy atom. The van der Waals surface area contributed by atoms with Crippen molar-refractivity contribution >= 4 is 43.0 Å². The van der Waals surface area contributed by atoms with Gasteiger partial charge in [0.25, 0.3) is 5.91 Å². The van der Waals surface area contributed by atoms with Crippen molar-refractivity contribution in [2.24, 2.45) is 0 Å². The van der Waals surface area contributed by atoms with E-state index < -0.39 is 9.84 Å². The number of nitrogens with one attached hydrogen (secondary N) is 1. The first-order valence-electron chi connectivity index (χ1n) is 9.06. The van der Waals surface area contributed by atoms with E-state index in [1.165, 1.54) is 12.1 Å². The molecule has 0 aliphatic carbocycles. The minimum absolute atomic E-state index is 0.0116. The van der Waals surface area contributed by atoms with Crippen LogP contribution in [-0.2, 0) is 9.84 Å². The number of hydrogen-bond donors (Lipinski definition) is 1. The number of rotatable bonds is 5. The van der Waals surface area contributed by atoms with E-state index >= 15 is 0 Å². The first-order valence-corrected chi connectivity index (χ1v) is 11.5. The molecule has 4 aromatic rings. The summed E-state index contributed by atoms with van der Waals surface area (Å²) in [4.78, 5) is 17.4.